The second-order valence-electron chi connectivity index (χ2n) is 6.63. The molecule has 25 heavy (non-hydrogen) atoms. The Morgan fingerprint density at radius 1 is 1.16 bits per heavy atom. The van der Waals surface area contributed by atoms with Crippen molar-refractivity contribution in [2.24, 2.45) is 0 Å². The van der Waals surface area contributed by atoms with Crippen molar-refractivity contribution in [3.05, 3.63) is 45.2 Å². The molecule has 1 N–H and O–H groups in total. The summed E-state index contributed by atoms with van der Waals surface area (Å²) in [7, 11) is 0. The smallest absolute Gasteiger partial charge is 0.409 e. The first-order chi connectivity index (χ1) is 12.0. The van der Waals surface area contributed by atoms with E-state index in [1.165, 1.54) is 5.56 Å². The van der Waals surface area contributed by atoms with Crippen LogP contribution in [0.1, 0.15) is 23.6 Å². The van der Waals surface area contributed by atoms with Crippen LogP contribution in [0.5, 0.6) is 0 Å². The Morgan fingerprint density at radius 3 is 2.56 bits per heavy atom. The molecule has 1 aromatic heterocycles. The third-order valence-electron chi connectivity index (χ3n) is 4.66. The quantitative estimate of drug-likeness (QED) is 0.929. The summed E-state index contributed by atoms with van der Waals surface area (Å²) in [5.41, 5.74) is 3.91. The average Bonchev–Trinajstić information content (AvgIpc) is 2.57. The number of carbonyl (C=O) groups excluding carboxylic acids is 1. The Labute approximate surface area is 147 Å². The van der Waals surface area contributed by atoms with Gasteiger partial charge in [-0.05, 0) is 43.9 Å². The molecule has 2 heterocycles. The number of H-pyrrole nitrogens is 1. The van der Waals surface area contributed by atoms with Gasteiger partial charge in [0, 0.05) is 38.3 Å². The van der Waals surface area contributed by atoms with Crippen LogP contribution in [0.2, 0.25) is 0 Å². The Hall–Kier alpha value is -2.34. The van der Waals surface area contributed by atoms with Crippen molar-refractivity contribution in [1.82, 2.24) is 14.8 Å². The highest BCUT2D eigenvalue weighted by Crippen LogP contribution is 2.18. The van der Waals surface area contributed by atoms with Crippen molar-refractivity contribution in [2.75, 3.05) is 32.8 Å². The third-order valence-corrected chi connectivity index (χ3v) is 4.66. The number of hydrogen-bond donors (Lipinski definition) is 1. The van der Waals surface area contributed by atoms with E-state index >= 15 is 0 Å². The van der Waals surface area contributed by atoms with Crippen molar-refractivity contribution in [3.8, 4) is 0 Å². The number of rotatable bonds is 3. The summed E-state index contributed by atoms with van der Waals surface area (Å²) in [6, 6.07) is 6.17. The van der Waals surface area contributed by atoms with Gasteiger partial charge in [0.15, 0.2) is 0 Å². The van der Waals surface area contributed by atoms with E-state index in [-0.39, 0.29) is 11.7 Å². The van der Waals surface area contributed by atoms with E-state index in [4.69, 9.17) is 4.74 Å². The summed E-state index contributed by atoms with van der Waals surface area (Å²) < 4.78 is 5.04. The molecule has 0 atom stereocenters. The lowest BCUT2D eigenvalue weighted by Gasteiger charge is -2.33. The number of fused-ring (bicyclic) bond motifs is 1. The molecule has 6 nitrogen and oxygen atoms in total. The zero-order valence-electron chi connectivity index (χ0n) is 15.1. The minimum absolute atomic E-state index is 0.0349. The molecule has 0 unspecified atom stereocenters. The molecule has 6 heteroatoms. The number of aromatic amines is 1. The van der Waals surface area contributed by atoms with Gasteiger partial charge in [-0.2, -0.15) is 0 Å². The van der Waals surface area contributed by atoms with Crippen LogP contribution in [0.15, 0.2) is 23.0 Å². The molecule has 134 valence electrons. The van der Waals surface area contributed by atoms with Crippen LogP contribution in [-0.4, -0.2) is 53.7 Å². The van der Waals surface area contributed by atoms with E-state index in [9.17, 15) is 9.59 Å². The Balaban J connectivity index is 1.73. The summed E-state index contributed by atoms with van der Waals surface area (Å²) in [5.74, 6) is 0. The molecule has 3 rings (SSSR count). The summed E-state index contributed by atoms with van der Waals surface area (Å²) in [6.45, 7) is 9.60. The highest BCUT2D eigenvalue weighted by Gasteiger charge is 2.22. The van der Waals surface area contributed by atoms with Gasteiger partial charge in [0.05, 0.1) is 12.1 Å². The number of nitrogens with one attached hydrogen (secondary N) is 1. The number of benzene rings is 1. The summed E-state index contributed by atoms with van der Waals surface area (Å²) >= 11 is 0. The van der Waals surface area contributed by atoms with Gasteiger partial charge in [-0.3, -0.25) is 9.69 Å². The minimum Gasteiger partial charge on any atom is -0.450 e. The van der Waals surface area contributed by atoms with E-state index in [1.807, 2.05) is 19.9 Å². The molecule has 1 saturated heterocycles. The lowest BCUT2D eigenvalue weighted by atomic mass is 10.1. The number of pyridine rings is 1. The molecular weight excluding hydrogens is 318 g/mol. The maximum absolute atomic E-state index is 12.4. The zero-order valence-corrected chi connectivity index (χ0v) is 15.1. The predicted molar refractivity (Wildman–Crippen MR) is 97.9 cm³/mol. The molecule has 0 saturated carbocycles. The fourth-order valence-electron chi connectivity index (χ4n) is 3.39. The van der Waals surface area contributed by atoms with Gasteiger partial charge in [0.25, 0.3) is 5.56 Å². The Kier molecular flexibility index (Phi) is 5.08. The van der Waals surface area contributed by atoms with Crippen molar-refractivity contribution in [3.63, 3.8) is 0 Å². The minimum atomic E-state index is -0.253. The molecule has 1 amide bonds. The highest BCUT2D eigenvalue weighted by atomic mass is 16.6. The van der Waals surface area contributed by atoms with E-state index in [0.717, 1.165) is 35.1 Å². The maximum atomic E-state index is 12.4. The molecule has 0 aliphatic carbocycles. The molecular formula is C19H25N3O3. The Morgan fingerprint density at radius 2 is 1.88 bits per heavy atom. The van der Waals surface area contributed by atoms with Crippen LogP contribution in [-0.2, 0) is 11.3 Å². The monoisotopic (exact) mass is 343 g/mol. The molecule has 1 fully saturated rings. The van der Waals surface area contributed by atoms with E-state index in [0.29, 0.717) is 26.2 Å². The first-order valence-electron chi connectivity index (χ1n) is 8.75. The van der Waals surface area contributed by atoms with Gasteiger partial charge in [0.1, 0.15) is 0 Å². The SMILES string of the molecule is CCOC(=O)N1CCN(Cc2cc3cc(C)cc(C)c3[nH]c2=O)CC1. The van der Waals surface area contributed by atoms with Crippen molar-refractivity contribution in [2.45, 2.75) is 27.3 Å². The predicted octanol–water partition coefficient (Wildman–Crippen LogP) is 2.42. The normalized spacial score (nSPS) is 15.6. The zero-order chi connectivity index (χ0) is 18.0. The van der Waals surface area contributed by atoms with E-state index in [2.05, 4.69) is 28.9 Å². The lowest BCUT2D eigenvalue weighted by molar-refractivity contribution is 0.0777. The van der Waals surface area contributed by atoms with Crippen LogP contribution < -0.4 is 5.56 Å². The van der Waals surface area contributed by atoms with E-state index in [1.54, 1.807) is 4.90 Å². The summed E-state index contributed by atoms with van der Waals surface area (Å²) in [4.78, 5) is 31.1. The standard InChI is InChI=1S/C19H25N3O3/c1-4-25-19(24)22-7-5-21(6-8-22)12-16-11-15-10-13(2)9-14(3)17(15)20-18(16)23/h9-11H,4-8,12H2,1-3H3,(H,20,23). The van der Waals surface area contributed by atoms with Gasteiger partial charge < -0.3 is 14.6 Å². The maximum Gasteiger partial charge on any atom is 0.409 e. The summed E-state index contributed by atoms with van der Waals surface area (Å²) in [5, 5.41) is 1.07. The number of carbonyl (C=O) groups is 1. The largest absolute Gasteiger partial charge is 0.450 e. The number of ether oxygens (including phenoxy) is 1. The number of piperazine rings is 1. The molecule has 0 spiro atoms. The second kappa shape index (κ2) is 7.27. The first kappa shape index (κ1) is 17.5. The number of amides is 1. The Bertz CT molecular complexity index is 836. The van der Waals surface area contributed by atoms with Gasteiger partial charge in [-0.1, -0.05) is 11.6 Å². The van der Waals surface area contributed by atoms with Crippen LogP contribution in [0.4, 0.5) is 4.79 Å². The first-order valence-corrected chi connectivity index (χ1v) is 8.75. The molecule has 0 bridgehead atoms. The number of nitrogens with zero attached hydrogens (tertiary/aromatic N) is 2. The number of aromatic nitrogens is 1. The topological polar surface area (TPSA) is 65.6 Å². The fourth-order valence-corrected chi connectivity index (χ4v) is 3.39. The van der Waals surface area contributed by atoms with Gasteiger partial charge in [-0.25, -0.2) is 4.79 Å². The van der Waals surface area contributed by atoms with Gasteiger partial charge in [0.2, 0.25) is 0 Å². The van der Waals surface area contributed by atoms with Crippen molar-refractivity contribution < 1.29 is 9.53 Å². The third kappa shape index (κ3) is 3.85. The fraction of sp³-hybridized carbons (Fsp3) is 0.474. The van der Waals surface area contributed by atoms with Crippen LogP contribution >= 0.6 is 0 Å². The molecule has 1 aromatic carbocycles. The molecule has 1 aliphatic heterocycles. The van der Waals surface area contributed by atoms with Gasteiger partial charge in [-0.15, -0.1) is 0 Å². The van der Waals surface area contributed by atoms with Crippen LogP contribution in [0, 0.1) is 13.8 Å². The van der Waals surface area contributed by atoms with Gasteiger partial charge >= 0.3 is 6.09 Å². The van der Waals surface area contributed by atoms with Crippen molar-refractivity contribution >= 4 is 17.0 Å². The highest BCUT2D eigenvalue weighted by molar-refractivity contribution is 5.82. The lowest BCUT2D eigenvalue weighted by Crippen LogP contribution is -2.48. The summed E-state index contributed by atoms with van der Waals surface area (Å²) in [6.07, 6.45) is -0.253. The number of hydrogen-bond acceptors (Lipinski definition) is 4. The van der Waals surface area contributed by atoms with Crippen molar-refractivity contribution in [1.29, 1.82) is 0 Å². The molecule has 2 aromatic rings. The van der Waals surface area contributed by atoms with Crippen LogP contribution in [0.25, 0.3) is 10.9 Å². The average molecular weight is 343 g/mol. The number of aryl methyl sites for hydroxylation is 2. The van der Waals surface area contributed by atoms with E-state index < -0.39 is 0 Å². The van der Waals surface area contributed by atoms with Crippen LogP contribution in [0.3, 0.4) is 0 Å². The molecule has 1 aliphatic rings. The second-order valence-corrected chi connectivity index (χ2v) is 6.63. The molecule has 0 radical (unpaired) electrons.